The van der Waals surface area contributed by atoms with Crippen molar-refractivity contribution in [2.24, 2.45) is 0 Å². The molecule has 15 heavy (non-hydrogen) atoms. The van der Waals surface area contributed by atoms with Crippen LogP contribution in [0, 0.1) is 0 Å². The van der Waals surface area contributed by atoms with E-state index in [4.69, 9.17) is 4.84 Å². The van der Waals surface area contributed by atoms with Gasteiger partial charge in [0.2, 0.25) is 0 Å². The first-order valence-electron chi connectivity index (χ1n) is 5.94. The Morgan fingerprint density at radius 1 is 1.00 bits per heavy atom. The maximum atomic E-state index is 6.03. The summed E-state index contributed by atoms with van der Waals surface area (Å²) < 4.78 is 0. The van der Waals surface area contributed by atoms with E-state index in [0.29, 0.717) is 12.1 Å². The molecule has 2 nitrogen and oxygen atoms in total. The number of nitrogens with zero attached hydrogens (tertiary/aromatic N) is 1. The van der Waals surface area contributed by atoms with Gasteiger partial charge in [0.15, 0.2) is 0 Å². The molecule has 2 saturated heterocycles. The van der Waals surface area contributed by atoms with Gasteiger partial charge in [-0.2, -0.15) is 0 Å². The minimum atomic E-state index is 0.462. The molecule has 2 unspecified atom stereocenters. The highest BCUT2D eigenvalue weighted by Gasteiger charge is 2.32. The maximum Gasteiger partial charge on any atom is 0.0857 e. The van der Waals surface area contributed by atoms with Gasteiger partial charge in [-0.25, -0.2) is 0 Å². The molecule has 0 spiro atoms. The fourth-order valence-electron chi connectivity index (χ4n) is 2.68. The standard InChI is InChI=1S/C13H17NO/c1-2-5-11(6-3-1)14-12-7-4-8-13(15-14)10-9-12/h1-3,5-6,12-13H,4,7-10H2. The van der Waals surface area contributed by atoms with E-state index in [1.54, 1.807) is 0 Å². The van der Waals surface area contributed by atoms with Crippen LogP contribution in [0.4, 0.5) is 5.69 Å². The normalized spacial score (nSPS) is 30.3. The fourth-order valence-corrected chi connectivity index (χ4v) is 2.68. The van der Waals surface area contributed by atoms with Gasteiger partial charge in [-0.1, -0.05) is 18.2 Å². The predicted molar refractivity (Wildman–Crippen MR) is 60.7 cm³/mol. The minimum Gasteiger partial charge on any atom is -0.270 e. The lowest BCUT2D eigenvalue weighted by Gasteiger charge is -2.37. The van der Waals surface area contributed by atoms with E-state index in [0.717, 1.165) is 0 Å². The molecular weight excluding hydrogens is 186 g/mol. The summed E-state index contributed by atoms with van der Waals surface area (Å²) in [5.74, 6) is 0. The van der Waals surface area contributed by atoms with Crippen LogP contribution < -0.4 is 5.06 Å². The Kier molecular flexibility index (Phi) is 2.37. The van der Waals surface area contributed by atoms with Crippen LogP contribution in [0.15, 0.2) is 30.3 Å². The van der Waals surface area contributed by atoms with Crippen molar-refractivity contribution < 1.29 is 4.84 Å². The first-order chi connectivity index (χ1) is 7.43. The number of fused-ring (bicyclic) bond motifs is 4. The van der Waals surface area contributed by atoms with Gasteiger partial charge in [-0.3, -0.25) is 9.90 Å². The molecule has 2 atom stereocenters. The summed E-state index contributed by atoms with van der Waals surface area (Å²) in [7, 11) is 0. The molecule has 3 aliphatic rings. The number of anilines is 1. The van der Waals surface area contributed by atoms with Crippen LogP contribution in [-0.2, 0) is 4.84 Å². The molecule has 0 amide bonds. The van der Waals surface area contributed by atoms with E-state index in [9.17, 15) is 0 Å². The van der Waals surface area contributed by atoms with Crippen molar-refractivity contribution in [2.45, 2.75) is 44.2 Å². The number of rotatable bonds is 1. The van der Waals surface area contributed by atoms with Crippen molar-refractivity contribution >= 4 is 5.69 Å². The van der Waals surface area contributed by atoms with Crippen molar-refractivity contribution in [3.05, 3.63) is 30.3 Å². The van der Waals surface area contributed by atoms with Crippen LogP contribution in [0.1, 0.15) is 32.1 Å². The van der Waals surface area contributed by atoms with Crippen molar-refractivity contribution in [2.75, 3.05) is 5.06 Å². The van der Waals surface area contributed by atoms with Gasteiger partial charge < -0.3 is 0 Å². The largest absolute Gasteiger partial charge is 0.270 e. The predicted octanol–water partition coefficient (Wildman–Crippen LogP) is 3.14. The van der Waals surface area contributed by atoms with E-state index < -0.39 is 0 Å². The number of para-hydroxylation sites is 1. The molecule has 4 rings (SSSR count). The van der Waals surface area contributed by atoms with E-state index >= 15 is 0 Å². The summed E-state index contributed by atoms with van der Waals surface area (Å²) in [4.78, 5) is 6.03. The van der Waals surface area contributed by atoms with Gasteiger partial charge >= 0.3 is 0 Å². The van der Waals surface area contributed by atoms with Crippen molar-refractivity contribution in [1.82, 2.24) is 0 Å². The maximum absolute atomic E-state index is 6.03. The van der Waals surface area contributed by atoms with E-state index in [1.807, 2.05) is 0 Å². The molecule has 1 aromatic rings. The lowest BCUT2D eigenvalue weighted by atomic mass is 10.1. The van der Waals surface area contributed by atoms with Crippen LogP contribution in [0.2, 0.25) is 0 Å². The Balaban J connectivity index is 1.87. The van der Waals surface area contributed by atoms with Crippen molar-refractivity contribution in [3.8, 4) is 0 Å². The quantitative estimate of drug-likeness (QED) is 0.695. The summed E-state index contributed by atoms with van der Waals surface area (Å²) in [6.45, 7) is 0. The smallest absolute Gasteiger partial charge is 0.0857 e. The molecule has 0 aromatic heterocycles. The van der Waals surface area contributed by atoms with E-state index in [1.165, 1.54) is 37.8 Å². The minimum absolute atomic E-state index is 0.462. The van der Waals surface area contributed by atoms with Gasteiger partial charge in [0, 0.05) is 0 Å². The number of hydrogen-bond donors (Lipinski definition) is 0. The molecule has 80 valence electrons. The Labute approximate surface area is 90.8 Å². The average Bonchev–Trinajstić information content (AvgIpc) is 2.65. The van der Waals surface area contributed by atoms with E-state index in [-0.39, 0.29) is 0 Å². The lowest BCUT2D eigenvalue weighted by molar-refractivity contribution is -0.0101. The van der Waals surface area contributed by atoms with Crippen LogP contribution in [0.3, 0.4) is 0 Å². The van der Waals surface area contributed by atoms with Crippen molar-refractivity contribution in [3.63, 3.8) is 0 Å². The Bertz CT molecular complexity index is 321. The topological polar surface area (TPSA) is 12.5 Å². The zero-order valence-corrected chi connectivity index (χ0v) is 8.93. The number of hydrogen-bond acceptors (Lipinski definition) is 2. The SMILES string of the molecule is c1ccc(N2OC3CCCC2CC3)cc1. The molecule has 2 heterocycles. The second kappa shape index (κ2) is 3.86. The summed E-state index contributed by atoms with van der Waals surface area (Å²) in [6, 6.07) is 11.1. The molecule has 0 N–H and O–H groups in total. The van der Waals surface area contributed by atoms with Gasteiger partial charge in [-0.05, 0) is 44.2 Å². The van der Waals surface area contributed by atoms with Gasteiger partial charge in [-0.15, -0.1) is 0 Å². The number of hydroxylamine groups is 1. The Morgan fingerprint density at radius 2 is 1.87 bits per heavy atom. The summed E-state index contributed by atoms with van der Waals surface area (Å²) >= 11 is 0. The molecule has 3 fully saturated rings. The van der Waals surface area contributed by atoms with Crippen LogP contribution in [0.5, 0.6) is 0 Å². The molecule has 1 saturated carbocycles. The third-order valence-corrected chi connectivity index (χ3v) is 3.49. The van der Waals surface area contributed by atoms with Crippen LogP contribution in [0.25, 0.3) is 0 Å². The van der Waals surface area contributed by atoms with Gasteiger partial charge in [0.25, 0.3) is 0 Å². The first kappa shape index (κ1) is 9.22. The van der Waals surface area contributed by atoms with E-state index in [2.05, 4.69) is 35.4 Å². The molecule has 2 bridgehead atoms. The van der Waals surface area contributed by atoms with Crippen LogP contribution in [-0.4, -0.2) is 12.1 Å². The molecule has 2 aliphatic heterocycles. The van der Waals surface area contributed by atoms with Crippen LogP contribution >= 0.6 is 0 Å². The second-order valence-corrected chi connectivity index (χ2v) is 4.55. The monoisotopic (exact) mass is 203 g/mol. The average molecular weight is 203 g/mol. The van der Waals surface area contributed by atoms with Gasteiger partial charge in [0.1, 0.15) is 0 Å². The van der Waals surface area contributed by atoms with Crippen molar-refractivity contribution in [1.29, 1.82) is 0 Å². The zero-order chi connectivity index (χ0) is 10.1. The number of benzene rings is 1. The Morgan fingerprint density at radius 3 is 2.73 bits per heavy atom. The Hall–Kier alpha value is -1.02. The highest BCUT2D eigenvalue weighted by atomic mass is 16.7. The third-order valence-electron chi connectivity index (χ3n) is 3.49. The molecule has 0 radical (unpaired) electrons. The highest BCUT2D eigenvalue weighted by molar-refractivity contribution is 5.44. The van der Waals surface area contributed by atoms with Gasteiger partial charge in [0.05, 0.1) is 17.8 Å². The third kappa shape index (κ3) is 1.74. The lowest BCUT2D eigenvalue weighted by Crippen LogP contribution is -2.41. The summed E-state index contributed by atoms with van der Waals surface area (Å²) in [5, 5.41) is 2.15. The molecular formula is C13H17NO. The summed E-state index contributed by atoms with van der Waals surface area (Å²) in [5.41, 5.74) is 1.22. The highest BCUT2D eigenvalue weighted by Crippen LogP contribution is 2.34. The fraction of sp³-hybridized carbons (Fsp3) is 0.538. The molecule has 1 aliphatic carbocycles. The first-order valence-corrected chi connectivity index (χ1v) is 5.94. The second-order valence-electron chi connectivity index (χ2n) is 4.55. The zero-order valence-electron chi connectivity index (χ0n) is 8.93. The summed E-state index contributed by atoms with van der Waals surface area (Å²) in [6.07, 6.45) is 6.83. The molecule has 1 aromatic carbocycles. The molecule has 2 heteroatoms.